The van der Waals surface area contributed by atoms with Crippen molar-refractivity contribution in [2.75, 3.05) is 26.8 Å². The van der Waals surface area contributed by atoms with E-state index in [0.717, 1.165) is 5.56 Å². The molecule has 1 amide bonds. The molecule has 0 bridgehead atoms. The highest BCUT2D eigenvalue weighted by atomic mass is 32.1. The Labute approximate surface area is 212 Å². The largest absolute Gasteiger partial charge is 0.474 e. The molecule has 0 saturated heterocycles. The van der Waals surface area contributed by atoms with Crippen LogP contribution in [0.25, 0.3) is 11.3 Å². The number of methoxy groups -OCH3 is 1. The first kappa shape index (κ1) is 25.4. The molecule has 1 aliphatic rings. The highest BCUT2D eigenvalue weighted by Crippen LogP contribution is 2.29. The topological polar surface area (TPSA) is 81.5 Å². The number of aromatic nitrogens is 3. The third-order valence-corrected chi connectivity index (χ3v) is 5.96. The van der Waals surface area contributed by atoms with Gasteiger partial charge in [0.25, 0.3) is 5.17 Å². The van der Waals surface area contributed by atoms with E-state index >= 15 is 0 Å². The van der Waals surface area contributed by atoms with Crippen LogP contribution < -0.4 is 5.32 Å². The van der Waals surface area contributed by atoms with Gasteiger partial charge in [0, 0.05) is 30.8 Å². The summed E-state index contributed by atoms with van der Waals surface area (Å²) in [6.07, 6.45) is 3.55. The molecule has 0 saturated carbocycles. The predicted octanol–water partition coefficient (Wildman–Crippen LogP) is 3.40. The van der Waals surface area contributed by atoms with E-state index in [1.54, 1.807) is 17.2 Å². The van der Waals surface area contributed by atoms with Crippen molar-refractivity contribution in [3.63, 3.8) is 0 Å². The van der Waals surface area contributed by atoms with Crippen molar-refractivity contribution >= 4 is 28.9 Å². The standard InChI is InChI=1S/C25H25F2N5O3S/c1-34-25(36)28-13-19-14-32(30-29-19)20-11-21(26)24(22(27)12-20)18-7-9-31(10-8-18)23(33)16-35-15-17-5-3-2-4-6-17/h2-7,11-12,14H,8-10,13,15-16H2,1H3,(H,28,36). The molecule has 36 heavy (non-hydrogen) atoms. The Kier molecular flexibility index (Phi) is 8.34. The average molecular weight is 514 g/mol. The zero-order valence-corrected chi connectivity index (χ0v) is 20.4. The van der Waals surface area contributed by atoms with E-state index in [2.05, 4.69) is 15.6 Å². The summed E-state index contributed by atoms with van der Waals surface area (Å²) >= 11 is 4.90. The maximum absolute atomic E-state index is 15.0. The third kappa shape index (κ3) is 6.29. The van der Waals surface area contributed by atoms with Gasteiger partial charge in [-0.1, -0.05) is 41.6 Å². The number of nitrogens with one attached hydrogen (secondary N) is 1. The molecule has 4 rings (SSSR count). The molecule has 0 radical (unpaired) electrons. The highest BCUT2D eigenvalue weighted by molar-refractivity contribution is 7.80. The summed E-state index contributed by atoms with van der Waals surface area (Å²) in [5.74, 6) is -1.59. The van der Waals surface area contributed by atoms with Crippen LogP contribution in [0, 0.1) is 11.6 Å². The Morgan fingerprint density at radius 3 is 2.61 bits per heavy atom. The second-order valence-corrected chi connectivity index (χ2v) is 8.45. The van der Waals surface area contributed by atoms with Crippen LogP contribution in [0.5, 0.6) is 0 Å². The van der Waals surface area contributed by atoms with Crippen molar-refractivity contribution in [1.82, 2.24) is 25.2 Å². The fourth-order valence-corrected chi connectivity index (χ4v) is 3.86. The van der Waals surface area contributed by atoms with Crippen molar-refractivity contribution in [3.05, 3.63) is 83.2 Å². The number of hydrogen-bond acceptors (Lipinski definition) is 6. The van der Waals surface area contributed by atoms with Gasteiger partial charge in [-0.3, -0.25) is 4.79 Å². The molecule has 188 valence electrons. The summed E-state index contributed by atoms with van der Waals surface area (Å²) in [6, 6.07) is 12.0. The molecule has 3 aromatic rings. The number of halogens is 2. The van der Waals surface area contributed by atoms with Crippen LogP contribution >= 0.6 is 12.2 Å². The van der Waals surface area contributed by atoms with Gasteiger partial charge in [-0.2, -0.15) is 0 Å². The molecule has 2 heterocycles. The van der Waals surface area contributed by atoms with Gasteiger partial charge >= 0.3 is 0 Å². The number of benzene rings is 2. The normalized spacial score (nSPS) is 13.3. The molecule has 0 aliphatic carbocycles. The van der Waals surface area contributed by atoms with Crippen molar-refractivity contribution in [3.8, 4) is 5.69 Å². The Bertz CT molecular complexity index is 1240. The predicted molar refractivity (Wildman–Crippen MR) is 133 cm³/mol. The zero-order chi connectivity index (χ0) is 25.5. The smallest absolute Gasteiger partial charge is 0.256 e. The van der Waals surface area contributed by atoms with Crippen LogP contribution in [0.15, 0.2) is 54.7 Å². The van der Waals surface area contributed by atoms with E-state index in [1.807, 2.05) is 30.3 Å². The van der Waals surface area contributed by atoms with Gasteiger partial charge < -0.3 is 19.7 Å². The lowest BCUT2D eigenvalue weighted by atomic mass is 9.98. The summed E-state index contributed by atoms with van der Waals surface area (Å²) < 4.78 is 41.6. The Morgan fingerprint density at radius 2 is 1.94 bits per heavy atom. The Balaban J connectivity index is 1.37. The summed E-state index contributed by atoms with van der Waals surface area (Å²) in [6.45, 7) is 1.15. The number of carbonyl (C=O) groups excluding carboxylic acids is 1. The molecule has 0 unspecified atom stereocenters. The number of thiocarbonyl (C=S) groups is 1. The molecular formula is C25H25F2N5O3S. The van der Waals surface area contributed by atoms with E-state index in [4.69, 9.17) is 21.7 Å². The van der Waals surface area contributed by atoms with Crippen LogP contribution in [-0.4, -0.2) is 57.8 Å². The van der Waals surface area contributed by atoms with E-state index in [-0.39, 0.29) is 42.0 Å². The van der Waals surface area contributed by atoms with Crippen molar-refractivity contribution in [2.24, 2.45) is 0 Å². The van der Waals surface area contributed by atoms with Gasteiger partial charge in [0.15, 0.2) is 0 Å². The fraction of sp³-hybridized carbons (Fsp3) is 0.280. The first-order valence-electron chi connectivity index (χ1n) is 11.3. The molecule has 1 aliphatic heterocycles. The lowest BCUT2D eigenvalue weighted by Crippen LogP contribution is -2.37. The lowest BCUT2D eigenvalue weighted by molar-refractivity contribution is -0.136. The molecule has 8 nitrogen and oxygen atoms in total. The second kappa shape index (κ2) is 11.8. The lowest BCUT2D eigenvalue weighted by Gasteiger charge is -2.27. The van der Waals surface area contributed by atoms with Crippen molar-refractivity contribution in [1.29, 1.82) is 0 Å². The number of ether oxygens (including phenoxy) is 2. The molecule has 0 fully saturated rings. The second-order valence-electron chi connectivity index (χ2n) is 8.08. The van der Waals surface area contributed by atoms with Crippen LogP contribution in [0.1, 0.15) is 23.2 Å². The Hall–Kier alpha value is -3.70. The van der Waals surface area contributed by atoms with Crippen molar-refractivity contribution < 1.29 is 23.0 Å². The van der Waals surface area contributed by atoms with Crippen LogP contribution in [0.2, 0.25) is 0 Å². The maximum atomic E-state index is 15.0. The minimum Gasteiger partial charge on any atom is -0.474 e. The van der Waals surface area contributed by atoms with Gasteiger partial charge in [0.05, 0.1) is 32.1 Å². The zero-order valence-electron chi connectivity index (χ0n) is 19.6. The van der Waals surface area contributed by atoms with Gasteiger partial charge in [-0.25, -0.2) is 13.5 Å². The number of nitrogens with zero attached hydrogens (tertiary/aromatic N) is 4. The highest BCUT2D eigenvalue weighted by Gasteiger charge is 2.22. The van der Waals surface area contributed by atoms with Crippen LogP contribution in [0.3, 0.4) is 0 Å². The minimum atomic E-state index is -0.710. The van der Waals surface area contributed by atoms with Crippen LogP contribution in [-0.2, 0) is 27.4 Å². The van der Waals surface area contributed by atoms with E-state index in [9.17, 15) is 13.6 Å². The fourth-order valence-electron chi connectivity index (χ4n) is 3.78. The number of carbonyl (C=O) groups is 1. The third-order valence-electron chi connectivity index (χ3n) is 5.65. The van der Waals surface area contributed by atoms with Gasteiger partial charge in [0.2, 0.25) is 5.91 Å². The summed E-state index contributed by atoms with van der Waals surface area (Å²) in [5.41, 5.74) is 2.12. The number of rotatable bonds is 8. The molecule has 0 spiro atoms. The monoisotopic (exact) mass is 513 g/mol. The van der Waals surface area contributed by atoms with Gasteiger partial charge in [-0.05, 0) is 29.8 Å². The maximum Gasteiger partial charge on any atom is 0.256 e. The molecule has 2 aromatic carbocycles. The summed E-state index contributed by atoms with van der Waals surface area (Å²) in [5, 5.41) is 10.9. The van der Waals surface area contributed by atoms with Crippen molar-refractivity contribution in [2.45, 2.75) is 19.6 Å². The molecular weight excluding hydrogens is 488 g/mol. The molecule has 1 aromatic heterocycles. The SMILES string of the molecule is COC(=S)NCc1cn(-c2cc(F)c(C3=CCN(C(=O)COCc4ccccc4)CC3)c(F)c2)nn1. The summed E-state index contributed by atoms with van der Waals surface area (Å²) in [7, 11) is 1.44. The summed E-state index contributed by atoms with van der Waals surface area (Å²) in [4.78, 5) is 14.1. The number of hydrogen-bond donors (Lipinski definition) is 1. The molecule has 0 atom stereocenters. The van der Waals surface area contributed by atoms with Gasteiger partial charge in [-0.15, -0.1) is 5.10 Å². The first-order valence-corrected chi connectivity index (χ1v) is 11.7. The number of amides is 1. The molecule has 1 N–H and O–H groups in total. The van der Waals surface area contributed by atoms with Crippen LogP contribution in [0.4, 0.5) is 8.78 Å². The minimum absolute atomic E-state index is 0.0534. The van der Waals surface area contributed by atoms with E-state index in [1.165, 1.54) is 23.9 Å². The van der Waals surface area contributed by atoms with E-state index < -0.39 is 11.6 Å². The average Bonchev–Trinajstić information content (AvgIpc) is 3.37. The quantitative estimate of drug-likeness (QED) is 0.463. The Morgan fingerprint density at radius 1 is 1.19 bits per heavy atom. The van der Waals surface area contributed by atoms with Gasteiger partial charge in [0.1, 0.15) is 23.9 Å². The molecule has 11 heteroatoms. The first-order chi connectivity index (χ1) is 17.4. The van der Waals surface area contributed by atoms with E-state index in [0.29, 0.717) is 30.8 Å².